The fraction of sp³-hybridized carbons (Fsp3) is 0. The van der Waals surface area contributed by atoms with Gasteiger partial charge in [-0.2, -0.15) is 0 Å². The highest BCUT2D eigenvalue weighted by atomic mass is 35.5. The zero-order chi connectivity index (χ0) is 17.1. The van der Waals surface area contributed by atoms with Gasteiger partial charge in [0.2, 0.25) is 0 Å². The van der Waals surface area contributed by atoms with Crippen LogP contribution in [0.25, 0.3) is 11.3 Å². The normalized spacial score (nSPS) is 10.4. The van der Waals surface area contributed by atoms with E-state index in [1.165, 1.54) is 18.2 Å². The minimum absolute atomic E-state index is 0.101. The van der Waals surface area contributed by atoms with Crippen molar-refractivity contribution in [3.63, 3.8) is 0 Å². The van der Waals surface area contributed by atoms with Crippen molar-refractivity contribution in [1.82, 2.24) is 4.98 Å². The molecule has 0 atom stereocenters. The molecule has 6 heteroatoms. The average Bonchev–Trinajstić information content (AvgIpc) is 2.57. The molecule has 0 unspecified atom stereocenters. The predicted octanol–water partition coefficient (Wildman–Crippen LogP) is 4.43. The molecule has 1 heterocycles. The van der Waals surface area contributed by atoms with Crippen molar-refractivity contribution in [2.75, 3.05) is 0 Å². The third-order valence-electron chi connectivity index (χ3n) is 3.24. The Morgan fingerprint density at radius 1 is 1.00 bits per heavy atom. The minimum Gasteiger partial charge on any atom is -0.457 e. The third kappa shape index (κ3) is 3.70. The number of amides is 1. The topological polar surface area (TPSA) is 65.2 Å². The molecule has 0 saturated heterocycles. The van der Waals surface area contributed by atoms with Crippen molar-refractivity contribution in [2.24, 2.45) is 5.73 Å². The highest BCUT2D eigenvalue weighted by molar-refractivity contribution is 6.31. The number of carbonyl (C=O) groups excluding carboxylic acids is 1. The van der Waals surface area contributed by atoms with E-state index in [4.69, 9.17) is 22.1 Å². The van der Waals surface area contributed by atoms with Crippen LogP contribution in [0.5, 0.6) is 11.5 Å². The second kappa shape index (κ2) is 6.68. The molecule has 120 valence electrons. The molecule has 2 N–H and O–H groups in total. The van der Waals surface area contributed by atoms with E-state index in [-0.39, 0.29) is 11.5 Å². The Bertz CT molecular complexity index is 881. The zero-order valence-corrected chi connectivity index (χ0v) is 13.1. The monoisotopic (exact) mass is 342 g/mol. The summed E-state index contributed by atoms with van der Waals surface area (Å²) in [6.45, 7) is 0. The van der Waals surface area contributed by atoms with Crippen LogP contribution in [0.4, 0.5) is 4.39 Å². The SMILES string of the molecule is NC(=O)c1cc(Cl)cc(-c2ccc(Oc3ccc(F)cc3)cc2)n1. The van der Waals surface area contributed by atoms with Gasteiger partial charge in [0.05, 0.1) is 5.69 Å². The molecule has 0 radical (unpaired) electrons. The van der Waals surface area contributed by atoms with Crippen molar-refractivity contribution in [3.8, 4) is 22.8 Å². The van der Waals surface area contributed by atoms with Gasteiger partial charge in [-0.05, 0) is 60.7 Å². The van der Waals surface area contributed by atoms with Crippen LogP contribution < -0.4 is 10.5 Å². The number of primary amides is 1. The maximum Gasteiger partial charge on any atom is 0.267 e. The van der Waals surface area contributed by atoms with Crippen LogP contribution in [0.15, 0.2) is 60.7 Å². The molecule has 0 saturated carbocycles. The summed E-state index contributed by atoms with van der Waals surface area (Å²) in [5.74, 6) is 0.147. The summed E-state index contributed by atoms with van der Waals surface area (Å²) in [5.41, 5.74) is 6.63. The summed E-state index contributed by atoms with van der Waals surface area (Å²) in [5, 5.41) is 0.375. The van der Waals surface area contributed by atoms with Gasteiger partial charge in [0.15, 0.2) is 0 Å². The number of benzene rings is 2. The van der Waals surface area contributed by atoms with Gasteiger partial charge in [-0.25, -0.2) is 9.37 Å². The largest absolute Gasteiger partial charge is 0.457 e. The van der Waals surface area contributed by atoms with E-state index >= 15 is 0 Å². The maximum atomic E-state index is 12.9. The first kappa shape index (κ1) is 16.0. The van der Waals surface area contributed by atoms with Crippen LogP contribution in [0.1, 0.15) is 10.5 Å². The van der Waals surface area contributed by atoms with Crippen molar-refractivity contribution in [2.45, 2.75) is 0 Å². The number of hydrogen-bond acceptors (Lipinski definition) is 3. The Labute approximate surface area is 142 Å². The second-order valence-electron chi connectivity index (χ2n) is 5.00. The fourth-order valence-corrected chi connectivity index (χ4v) is 2.31. The van der Waals surface area contributed by atoms with Crippen LogP contribution in [0.3, 0.4) is 0 Å². The van der Waals surface area contributed by atoms with Gasteiger partial charge >= 0.3 is 0 Å². The molecule has 1 amide bonds. The highest BCUT2D eigenvalue weighted by Gasteiger charge is 2.08. The third-order valence-corrected chi connectivity index (χ3v) is 3.46. The van der Waals surface area contributed by atoms with Crippen LogP contribution in [0.2, 0.25) is 5.02 Å². The van der Waals surface area contributed by atoms with Crippen molar-refractivity contribution < 1.29 is 13.9 Å². The van der Waals surface area contributed by atoms with Gasteiger partial charge < -0.3 is 10.5 Å². The number of carbonyl (C=O) groups is 1. The molecule has 24 heavy (non-hydrogen) atoms. The van der Waals surface area contributed by atoms with Gasteiger partial charge in [0, 0.05) is 10.6 Å². The number of hydrogen-bond donors (Lipinski definition) is 1. The van der Waals surface area contributed by atoms with Gasteiger partial charge in [0.25, 0.3) is 5.91 Å². The summed E-state index contributed by atoms with van der Waals surface area (Å²) in [6.07, 6.45) is 0. The van der Waals surface area contributed by atoms with Crippen molar-refractivity contribution >= 4 is 17.5 Å². The Kier molecular flexibility index (Phi) is 4.44. The van der Waals surface area contributed by atoms with E-state index < -0.39 is 5.91 Å². The summed E-state index contributed by atoms with van der Waals surface area (Å²) < 4.78 is 18.5. The molecular weight excluding hydrogens is 331 g/mol. The average molecular weight is 343 g/mol. The zero-order valence-electron chi connectivity index (χ0n) is 12.4. The van der Waals surface area contributed by atoms with E-state index in [1.807, 2.05) is 0 Å². The molecule has 4 nitrogen and oxygen atoms in total. The highest BCUT2D eigenvalue weighted by Crippen LogP contribution is 2.26. The molecule has 3 rings (SSSR count). The Hall–Kier alpha value is -2.92. The van der Waals surface area contributed by atoms with E-state index in [9.17, 15) is 9.18 Å². The number of pyridine rings is 1. The maximum absolute atomic E-state index is 12.9. The lowest BCUT2D eigenvalue weighted by Gasteiger charge is -2.08. The Balaban J connectivity index is 1.84. The lowest BCUT2D eigenvalue weighted by atomic mass is 10.1. The second-order valence-corrected chi connectivity index (χ2v) is 5.44. The number of ether oxygens (including phenoxy) is 1. The Morgan fingerprint density at radius 2 is 1.58 bits per heavy atom. The molecule has 2 aromatic carbocycles. The first-order valence-electron chi connectivity index (χ1n) is 7.02. The number of rotatable bonds is 4. The van der Waals surface area contributed by atoms with Crippen LogP contribution >= 0.6 is 11.6 Å². The van der Waals surface area contributed by atoms with E-state index in [0.29, 0.717) is 22.2 Å². The van der Waals surface area contributed by atoms with Crippen LogP contribution in [0, 0.1) is 5.82 Å². The van der Waals surface area contributed by atoms with Gasteiger partial charge in [-0.3, -0.25) is 4.79 Å². The summed E-state index contributed by atoms with van der Waals surface area (Å²) >= 11 is 5.99. The van der Waals surface area contributed by atoms with Crippen molar-refractivity contribution in [3.05, 3.63) is 77.2 Å². The van der Waals surface area contributed by atoms with Gasteiger partial charge in [0.1, 0.15) is 23.0 Å². The lowest BCUT2D eigenvalue weighted by molar-refractivity contribution is 0.0995. The molecule has 0 aliphatic rings. The molecule has 0 bridgehead atoms. The first-order valence-corrected chi connectivity index (χ1v) is 7.40. The molecule has 0 aliphatic carbocycles. The van der Waals surface area contributed by atoms with Crippen molar-refractivity contribution in [1.29, 1.82) is 0 Å². The Morgan fingerprint density at radius 3 is 2.17 bits per heavy atom. The first-order chi connectivity index (χ1) is 11.5. The van der Waals surface area contributed by atoms with E-state index in [2.05, 4.69) is 4.98 Å². The molecule has 0 spiro atoms. The molecule has 0 fully saturated rings. The lowest BCUT2D eigenvalue weighted by Crippen LogP contribution is -2.13. The summed E-state index contributed by atoms with van der Waals surface area (Å²) in [6, 6.07) is 15.8. The van der Waals surface area contributed by atoms with Crippen LogP contribution in [-0.2, 0) is 0 Å². The van der Waals surface area contributed by atoms with E-state index in [0.717, 1.165) is 5.56 Å². The number of halogens is 2. The number of nitrogens with two attached hydrogens (primary N) is 1. The summed E-state index contributed by atoms with van der Waals surface area (Å²) in [4.78, 5) is 15.5. The van der Waals surface area contributed by atoms with Gasteiger partial charge in [-0.15, -0.1) is 0 Å². The summed E-state index contributed by atoms with van der Waals surface area (Å²) in [7, 11) is 0. The molecule has 3 aromatic rings. The fourth-order valence-electron chi connectivity index (χ4n) is 2.10. The smallest absolute Gasteiger partial charge is 0.267 e. The predicted molar refractivity (Wildman–Crippen MR) is 89.7 cm³/mol. The standard InChI is InChI=1S/C18H12ClFN2O2/c19-12-9-16(22-17(10-12)18(21)23)11-1-5-14(6-2-11)24-15-7-3-13(20)4-8-15/h1-10H,(H2,21,23). The molecule has 1 aromatic heterocycles. The molecular formula is C18H12ClFN2O2. The number of nitrogens with zero attached hydrogens (tertiary/aromatic N) is 1. The minimum atomic E-state index is -0.644. The van der Waals surface area contributed by atoms with Crippen LogP contribution in [-0.4, -0.2) is 10.9 Å². The quantitative estimate of drug-likeness (QED) is 0.762. The molecule has 0 aliphatic heterocycles. The number of aromatic nitrogens is 1. The van der Waals surface area contributed by atoms with E-state index in [1.54, 1.807) is 42.5 Å². The van der Waals surface area contributed by atoms with Gasteiger partial charge in [-0.1, -0.05) is 11.6 Å².